The van der Waals surface area contributed by atoms with Gasteiger partial charge in [-0.05, 0) is 123 Å². The van der Waals surface area contributed by atoms with E-state index in [-0.39, 0.29) is 73.6 Å². The molecule has 3 saturated heterocycles. The van der Waals surface area contributed by atoms with Crippen LogP contribution in [0.4, 0.5) is 35.4 Å². The van der Waals surface area contributed by atoms with Crippen LogP contribution in [0.5, 0.6) is 17.6 Å². The molecule has 3 aliphatic rings. The van der Waals surface area contributed by atoms with E-state index in [1.807, 2.05) is 11.9 Å². The number of hydrogen-bond acceptors (Lipinski definition) is 23. The van der Waals surface area contributed by atoms with Crippen molar-refractivity contribution in [2.75, 3.05) is 114 Å². The lowest BCUT2D eigenvalue weighted by atomic mass is 10.1. The molecule has 6 aromatic carbocycles. The molecule has 0 unspecified atom stereocenters. The number of piperazine rings is 3. The number of aliphatic hydroxyl groups is 2. The summed E-state index contributed by atoms with van der Waals surface area (Å²) in [6, 6.07) is 26.0. The van der Waals surface area contributed by atoms with E-state index in [2.05, 4.69) is 68.5 Å². The summed E-state index contributed by atoms with van der Waals surface area (Å²) in [5, 5.41) is 19.4. The van der Waals surface area contributed by atoms with Gasteiger partial charge in [-0.1, -0.05) is 93.8 Å². The van der Waals surface area contributed by atoms with Crippen LogP contribution in [0.2, 0.25) is 20.1 Å². The standard InChI is InChI=1S/C24H24ClF2N5O3S.C24H25ClFN5O3S.C23H22Cl2FN5O2S/c1-31-6-8-32(9-7-31)24-29-11-20(36-15-3-4-16(22(28)34)18(25)10-15)23(30-24)35-13-14-2-5-19(26)17(12-33)21(14)27;1-30-6-8-31(9-7-30)24-28-12-21(35-17-3-4-18(22(27)33)19(25)11-17)23(29-24)34-14-15-2-5-20(26)16(10-15)13-32;1-30-6-8-31(9-7-30)23-28-12-20(34-15-3-4-16(21(27)32)17(24)11-15)22(29-23)33-13-14-2-5-19(26)18(25)10-14/h2-5,10-11,33H,6-9,12-13H2,1H3,(H2,28,34);2-5,10-12,32H,6-9,13-14H2,1H3,(H2,27,33);2-5,10-12H,6-9,13H2,1H3,(H2,27,32). The molecule has 105 heavy (non-hydrogen) atoms. The molecule has 6 heterocycles. The number of rotatable bonds is 23. The first kappa shape index (κ1) is 79.1. The van der Waals surface area contributed by atoms with E-state index in [1.54, 1.807) is 85.3 Å². The lowest BCUT2D eigenvalue weighted by molar-refractivity contribution is 0.0992. The molecular weight excluding hydrogens is 1500 g/mol. The van der Waals surface area contributed by atoms with Crippen LogP contribution in [-0.4, -0.2) is 172 Å². The van der Waals surface area contributed by atoms with E-state index in [1.165, 1.54) is 65.6 Å². The van der Waals surface area contributed by atoms with Crippen molar-refractivity contribution in [1.29, 1.82) is 0 Å². The Hall–Kier alpha value is -8.50. The molecule has 34 heteroatoms. The Morgan fingerprint density at radius 3 is 1.12 bits per heavy atom. The van der Waals surface area contributed by atoms with Crippen LogP contribution in [0.15, 0.2) is 151 Å². The number of amides is 3. The maximum absolute atomic E-state index is 14.7. The highest BCUT2D eigenvalue weighted by Crippen LogP contribution is 2.40. The Balaban J connectivity index is 0.000000169. The minimum absolute atomic E-state index is 0.0284. The Morgan fingerprint density at radius 1 is 0.429 bits per heavy atom. The average molecular weight is 1580 g/mol. The molecule has 0 bridgehead atoms. The van der Waals surface area contributed by atoms with Gasteiger partial charge in [0, 0.05) is 110 Å². The van der Waals surface area contributed by atoms with Crippen molar-refractivity contribution in [2.45, 2.75) is 62.4 Å². The first-order chi connectivity index (χ1) is 50.4. The van der Waals surface area contributed by atoms with Gasteiger partial charge >= 0.3 is 0 Å². The highest BCUT2D eigenvalue weighted by Gasteiger charge is 2.25. The van der Waals surface area contributed by atoms with E-state index < -0.39 is 59.8 Å². The number of nitrogens with two attached hydrogens (primary N) is 3. The van der Waals surface area contributed by atoms with E-state index in [4.69, 9.17) is 77.8 Å². The number of halogens is 8. The van der Waals surface area contributed by atoms with Gasteiger partial charge in [0.05, 0.1) is 83.3 Å². The molecule has 3 amide bonds. The molecular formula is C71H71Cl4F4N15O8S3. The second kappa shape index (κ2) is 37.2. The molecule has 23 nitrogen and oxygen atoms in total. The zero-order chi connectivity index (χ0) is 75.0. The van der Waals surface area contributed by atoms with E-state index >= 15 is 0 Å². The van der Waals surface area contributed by atoms with Gasteiger partial charge < -0.3 is 71.0 Å². The van der Waals surface area contributed by atoms with Crippen LogP contribution in [0, 0.1) is 23.3 Å². The number of ether oxygens (including phenoxy) is 3. The van der Waals surface area contributed by atoms with Crippen LogP contribution in [0.1, 0.15) is 58.9 Å². The summed E-state index contributed by atoms with van der Waals surface area (Å²) in [5.41, 5.74) is 18.0. The van der Waals surface area contributed by atoms with Crippen LogP contribution in [0.3, 0.4) is 0 Å². The molecule has 8 N–H and O–H groups in total. The molecule has 0 radical (unpaired) electrons. The highest BCUT2D eigenvalue weighted by molar-refractivity contribution is 8.00. The fraction of sp³-hybridized carbons (Fsp3) is 0.282. The maximum atomic E-state index is 14.7. The third-order valence-corrected chi connectivity index (χ3v) is 20.8. The molecule has 0 spiro atoms. The molecule has 3 fully saturated rings. The van der Waals surface area contributed by atoms with Crippen molar-refractivity contribution in [3.63, 3.8) is 0 Å². The van der Waals surface area contributed by atoms with Gasteiger partial charge in [0.15, 0.2) is 0 Å². The van der Waals surface area contributed by atoms with Crippen molar-refractivity contribution in [3.8, 4) is 17.6 Å². The van der Waals surface area contributed by atoms with Gasteiger partial charge in [-0.15, -0.1) is 0 Å². The summed E-state index contributed by atoms with van der Waals surface area (Å²) in [6.45, 7) is 8.87. The van der Waals surface area contributed by atoms with Crippen molar-refractivity contribution >= 4 is 117 Å². The smallest absolute Gasteiger partial charge is 0.250 e. The van der Waals surface area contributed by atoms with Crippen molar-refractivity contribution in [3.05, 3.63) is 210 Å². The second-order valence-corrected chi connectivity index (χ2v) is 29.0. The quantitative estimate of drug-likeness (QED) is 0.0372. The zero-order valence-corrected chi connectivity index (χ0v) is 62.2. The predicted octanol–water partition coefficient (Wildman–Crippen LogP) is 11.3. The Labute approximate surface area is 635 Å². The third kappa shape index (κ3) is 21.4. The summed E-state index contributed by atoms with van der Waals surface area (Å²) in [4.78, 5) is 79.0. The number of primary amides is 3. The molecule has 3 aliphatic heterocycles. The highest BCUT2D eigenvalue weighted by atomic mass is 35.5. The van der Waals surface area contributed by atoms with E-state index in [0.29, 0.717) is 60.3 Å². The molecule has 0 atom stereocenters. The van der Waals surface area contributed by atoms with Crippen LogP contribution in [-0.2, 0) is 33.0 Å². The molecule has 0 aliphatic carbocycles. The number of aliphatic hydroxyl groups excluding tert-OH is 2. The van der Waals surface area contributed by atoms with Crippen LogP contribution >= 0.6 is 81.7 Å². The molecule has 552 valence electrons. The van der Waals surface area contributed by atoms with Gasteiger partial charge in [-0.2, -0.15) is 15.0 Å². The van der Waals surface area contributed by atoms with Crippen LogP contribution in [0.25, 0.3) is 0 Å². The number of nitrogens with zero attached hydrogens (tertiary/aromatic N) is 12. The largest absolute Gasteiger partial charge is 0.472 e. The number of hydrogen-bond donors (Lipinski definition) is 5. The lowest BCUT2D eigenvalue weighted by Crippen LogP contribution is -2.45. The molecule has 3 aromatic heterocycles. The molecule has 12 rings (SSSR count). The average Bonchev–Trinajstić information content (AvgIpc) is 0.821. The Bertz CT molecular complexity index is 4610. The van der Waals surface area contributed by atoms with Gasteiger partial charge in [0.2, 0.25) is 53.2 Å². The van der Waals surface area contributed by atoms with Gasteiger partial charge in [0.25, 0.3) is 0 Å². The monoisotopic (exact) mass is 1570 g/mol. The van der Waals surface area contributed by atoms with Crippen molar-refractivity contribution in [2.24, 2.45) is 17.2 Å². The Morgan fingerprint density at radius 2 is 0.781 bits per heavy atom. The normalized spacial score (nSPS) is 14.2. The van der Waals surface area contributed by atoms with E-state index in [9.17, 15) is 42.2 Å². The van der Waals surface area contributed by atoms with Crippen LogP contribution < -0.4 is 46.1 Å². The maximum Gasteiger partial charge on any atom is 0.250 e. The fourth-order valence-corrected chi connectivity index (χ4v) is 14.3. The predicted molar refractivity (Wildman–Crippen MR) is 397 cm³/mol. The number of likely N-dealkylation sites (N-methyl/N-ethyl adjacent to an activating group) is 3. The summed E-state index contributed by atoms with van der Waals surface area (Å²) in [5.74, 6) is -1.92. The summed E-state index contributed by atoms with van der Waals surface area (Å²) in [7, 11) is 6.19. The third-order valence-electron chi connectivity index (χ3n) is 16.6. The number of carbonyl (C=O) groups excluding carboxylic acids is 3. The minimum Gasteiger partial charge on any atom is -0.472 e. The summed E-state index contributed by atoms with van der Waals surface area (Å²) >= 11 is 28.4. The molecule has 0 saturated carbocycles. The van der Waals surface area contributed by atoms with E-state index in [0.717, 1.165) is 94.4 Å². The zero-order valence-electron chi connectivity index (χ0n) is 56.8. The first-order valence-electron chi connectivity index (χ1n) is 32.4. The SMILES string of the molecule is CN1CCN(c2ncc(Sc3ccc(C(N)=O)c(Cl)c3)c(OCc3ccc(F)c(CO)c3)n2)CC1.CN1CCN(c2ncc(Sc3ccc(C(N)=O)c(Cl)c3)c(OCc3ccc(F)c(CO)c3F)n2)CC1.CN1CCN(c2ncc(Sc3ccc(C(N)=O)c(Cl)c3)c(OCc3ccc(F)c(Cl)c3)n2)CC1. The second-order valence-electron chi connectivity index (χ2n) is 24.1. The Kier molecular flexibility index (Phi) is 28.0. The topological polar surface area (TPSA) is 294 Å². The minimum atomic E-state index is -0.867. The number of carbonyl (C=O) groups is 3. The lowest BCUT2D eigenvalue weighted by Gasteiger charge is -2.32. The number of aromatic nitrogens is 6. The van der Waals surface area contributed by atoms with Gasteiger partial charge in [-0.25, -0.2) is 32.5 Å². The number of benzene rings is 6. The van der Waals surface area contributed by atoms with Gasteiger partial charge in [-0.3, -0.25) is 14.4 Å². The fourth-order valence-electron chi connectivity index (χ4n) is 10.5. The first-order valence-corrected chi connectivity index (χ1v) is 36.4. The summed E-state index contributed by atoms with van der Waals surface area (Å²) < 4.78 is 73.7. The van der Waals surface area contributed by atoms with Crippen molar-refractivity contribution in [1.82, 2.24) is 44.6 Å². The molecule has 9 aromatic rings. The number of anilines is 3. The summed E-state index contributed by atoms with van der Waals surface area (Å²) in [6.07, 6.45) is 5.01. The van der Waals surface area contributed by atoms with Crippen molar-refractivity contribution < 1.29 is 56.4 Å². The van der Waals surface area contributed by atoms with Gasteiger partial charge in [0.1, 0.15) is 43.1 Å².